The topological polar surface area (TPSA) is 64.4 Å². The highest BCUT2D eigenvalue weighted by molar-refractivity contribution is 8.14. The summed E-state index contributed by atoms with van der Waals surface area (Å²) in [6.45, 7) is -1.75. The van der Waals surface area contributed by atoms with E-state index in [4.69, 9.17) is 11.5 Å². The van der Waals surface area contributed by atoms with E-state index in [1.165, 1.54) is 17.8 Å². The highest BCUT2D eigenvalue weighted by atomic mass is 32.2. The molecule has 20 heavy (non-hydrogen) atoms. The fourth-order valence-electron chi connectivity index (χ4n) is 2.22. The number of rotatable bonds is 1. The molecule has 1 aliphatic carbocycles. The molecule has 1 aromatic rings. The predicted molar refractivity (Wildman–Crippen MR) is 71.7 cm³/mol. The maximum Gasteiger partial charge on any atom is 0.229 e. The van der Waals surface area contributed by atoms with E-state index < -0.39 is 18.6 Å². The zero-order valence-corrected chi connectivity index (χ0v) is 11.1. The Morgan fingerprint density at radius 3 is 2.55 bits per heavy atom. The molecule has 3 nitrogen and oxygen atoms in total. The van der Waals surface area contributed by atoms with Crippen LogP contribution in [0.3, 0.4) is 0 Å². The monoisotopic (exact) mass is 307 g/mol. The van der Waals surface area contributed by atoms with E-state index in [1.54, 1.807) is 0 Å². The lowest BCUT2D eigenvalue weighted by Crippen LogP contribution is -2.18. The Kier molecular flexibility index (Phi) is 4.42. The van der Waals surface area contributed by atoms with Crippen LogP contribution in [-0.2, 0) is 0 Å². The van der Waals surface area contributed by atoms with Crippen molar-refractivity contribution in [2.45, 2.75) is 17.7 Å². The molecule has 0 spiro atoms. The molecule has 1 fully saturated rings. The van der Waals surface area contributed by atoms with Crippen molar-refractivity contribution in [2.24, 2.45) is 16.6 Å². The van der Waals surface area contributed by atoms with Gasteiger partial charge in [-0.1, -0.05) is 11.8 Å². The van der Waals surface area contributed by atoms with Gasteiger partial charge in [0.05, 0.1) is 6.04 Å². The second kappa shape index (κ2) is 5.90. The van der Waals surface area contributed by atoms with Crippen LogP contribution >= 0.6 is 11.8 Å². The smallest absolute Gasteiger partial charge is 0.229 e. The highest BCUT2D eigenvalue weighted by Gasteiger charge is 2.48. The van der Waals surface area contributed by atoms with Gasteiger partial charge in [-0.3, -0.25) is 4.99 Å². The molecule has 2 aliphatic rings. The summed E-state index contributed by atoms with van der Waals surface area (Å²) in [6.07, 6.45) is 0.940. The maximum atomic E-state index is 13.7. The van der Waals surface area contributed by atoms with Crippen LogP contribution < -0.4 is 11.5 Å². The van der Waals surface area contributed by atoms with Crippen molar-refractivity contribution in [1.29, 1.82) is 0 Å². The molecule has 8 heteroatoms. The van der Waals surface area contributed by atoms with Gasteiger partial charge in [-0.2, -0.15) is 0 Å². The lowest BCUT2D eigenvalue weighted by molar-refractivity contribution is 0.295. The van der Waals surface area contributed by atoms with Gasteiger partial charge in [-0.15, -0.1) is 0 Å². The minimum absolute atomic E-state index is 0.211. The summed E-state index contributed by atoms with van der Waals surface area (Å²) in [5.74, 6) is -1.54. The average molecular weight is 307 g/mol. The van der Waals surface area contributed by atoms with Gasteiger partial charge in [-0.25, -0.2) is 17.6 Å². The molecule has 1 saturated carbocycles. The minimum atomic E-state index is -1.75. The number of thioether (sulfide) groups is 1. The molecule has 3 rings (SSSR count). The van der Waals surface area contributed by atoms with Crippen LogP contribution in [0.2, 0.25) is 0 Å². The minimum Gasteiger partial charge on any atom is -0.399 e. The van der Waals surface area contributed by atoms with Crippen molar-refractivity contribution in [2.75, 3.05) is 12.7 Å². The Balaban J connectivity index is 0.000000452. The van der Waals surface area contributed by atoms with Gasteiger partial charge >= 0.3 is 0 Å². The quantitative estimate of drug-likeness (QED) is 0.619. The van der Waals surface area contributed by atoms with Gasteiger partial charge < -0.3 is 11.5 Å². The molecular formula is C12H13F4N3S. The lowest BCUT2D eigenvalue weighted by Gasteiger charge is -2.19. The van der Waals surface area contributed by atoms with Gasteiger partial charge in [0.1, 0.15) is 0 Å². The fourth-order valence-corrected chi connectivity index (χ4v) is 3.35. The van der Waals surface area contributed by atoms with Crippen LogP contribution in [0.4, 0.5) is 23.2 Å². The average Bonchev–Trinajstić information content (AvgIpc) is 3.12. The van der Waals surface area contributed by atoms with E-state index in [2.05, 4.69) is 4.99 Å². The van der Waals surface area contributed by atoms with Crippen molar-refractivity contribution in [3.63, 3.8) is 0 Å². The number of hydrogen-bond donors (Lipinski definition) is 2. The van der Waals surface area contributed by atoms with Gasteiger partial charge in [0.25, 0.3) is 0 Å². The molecule has 0 bridgehead atoms. The van der Waals surface area contributed by atoms with Gasteiger partial charge in [0, 0.05) is 16.5 Å². The number of fused-ring (bicyclic) bond motifs is 1. The summed E-state index contributed by atoms with van der Waals surface area (Å²) < 4.78 is 46.3. The molecule has 3 atom stereocenters. The summed E-state index contributed by atoms with van der Waals surface area (Å²) in [7, 11) is 0. The number of anilines is 1. The number of halogens is 4. The zero-order valence-electron chi connectivity index (χ0n) is 10.3. The highest BCUT2D eigenvalue weighted by Crippen LogP contribution is 2.54. The lowest BCUT2D eigenvalue weighted by atomic mass is 10.0. The Bertz CT molecular complexity index is 538. The van der Waals surface area contributed by atoms with Gasteiger partial charge in [0.15, 0.2) is 16.8 Å². The number of hydrogen-bond acceptors (Lipinski definition) is 4. The van der Waals surface area contributed by atoms with E-state index in [1.807, 2.05) is 0 Å². The third kappa shape index (κ3) is 3.00. The van der Waals surface area contributed by atoms with Crippen LogP contribution in [0.15, 0.2) is 17.1 Å². The second-order valence-electron chi connectivity index (χ2n) is 4.47. The number of alkyl halides is 2. The molecule has 0 radical (unpaired) electrons. The molecule has 3 unspecified atom stereocenters. The summed E-state index contributed by atoms with van der Waals surface area (Å²) in [5, 5.41) is 0.831. The molecule has 1 heterocycles. The fraction of sp³-hybridized carbons (Fsp3) is 0.417. The number of benzene rings is 1. The van der Waals surface area contributed by atoms with Crippen LogP contribution in [0.5, 0.6) is 0 Å². The van der Waals surface area contributed by atoms with Crippen molar-refractivity contribution in [3.8, 4) is 0 Å². The Hall–Kier alpha value is -1.44. The first-order chi connectivity index (χ1) is 9.47. The van der Waals surface area contributed by atoms with E-state index in [-0.39, 0.29) is 23.2 Å². The van der Waals surface area contributed by atoms with Crippen LogP contribution in [-0.4, -0.2) is 17.3 Å². The standard InChI is InChI=1S/C11H11F2N3S.CH2F2/c12-7-2-4(14)1-6(9(7)13)10-5-3-8(5)17-11(15)16-10;2-1-3/h1-2,5,8,10H,3,14H2,(H2,15,16);1H2. The SMILES string of the molecule is FCF.NC1=NC(c2cc(N)cc(F)c2F)C2CC2S1. The largest absolute Gasteiger partial charge is 0.399 e. The van der Waals surface area contributed by atoms with E-state index in [0.29, 0.717) is 10.4 Å². The first-order valence-electron chi connectivity index (χ1n) is 5.84. The predicted octanol–water partition coefficient (Wildman–Crippen LogP) is 2.92. The van der Waals surface area contributed by atoms with Crippen LogP contribution in [0, 0.1) is 17.6 Å². The maximum absolute atomic E-state index is 13.7. The van der Waals surface area contributed by atoms with E-state index in [0.717, 1.165) is 12.5 Å². The second-order valence-corrected chi connectivity index (χ2v) is 5.73. The zero-order chi connectivity index (χ0) is 14.9. The van der Waals surface area contributed by atoms with E-state index >= 15 is 0 Å². The normalized spacial score (nSPS) is 27.0. The number of nitrogen functional groups attached to an aromatic ring is 1. The van der Waals surface area contributed by atoms with Gasteiger partial charge in [0.2, 0.25) is 6.93 Å². The van der Waals surface area contributed by atoms with Crippen molar-refractivity contribution in [1.82, 2.24) is 0 Å². The van der Waals surface area contributed by atoms with Crippen molar-refractivity contribution >= 4 is 22.6 Å². The third-order valence-corrected chi connectivity index (χ3v) is 4.31. The summed E-state index contributed by atoms with van der Waals surface area (Å²) in [5.41, 5.74) is 11.6. The van der Waals surface area contributed by atoms with Crippen LogP contribution in [0.1, 0.15) is 18.0 Å². The van der Waals surface area contributed by atoms with Crippen molar-refractivity contribution in [3.05, 3.63) is 29.3 Å². The molecule has 1 aliphatic heterocycles. The molecule has 0 amide bonds. The number of amidine groups is 1. The third-order valence-electron chi connectivity index (χ3n) is 3.12. The molecule has 1 aromatic carbocycles. The Labute approximate surface area is 117 Å². The number of aliphatic imine (C=N–C) groups is 1. The summed E-state index contributed by atoms with van der Waals surface area (Å²) in [6, 6.07) is 2.04. The molecule has 110 valence electrons. The number of nitrogens with two attached hydrogens (primary N) is 2. The molecule has 0 aromatic heterocycles. The van der Waals surface area contributed by atoms with E-state index in [9.17, 15) is 17.6 Å². The summed E-state index contributed by atoms with van der Waals surface area (Å²) in [4.78, 5) is 4.21. The Morgan fingerprint density at radius 1 is 1.25 bits per heavy atom. The molecular weight excluding hydrogens is 294 g/mol. The Morgan fingerprint density at radius 2 is 1.90 bits per heavy atom. The van der Waals surface area contributed by atoms with Crippen LogP contribution in [0.25, 0.3) is 0 Å². The first kappa shape index (κ1) is 15.0. The van der Waals surface area contributed by atoms with Crippen molar-refractivity contribution < 1.29 is 17.6 Å². The molecule has 4 N–H and O–H groups in total. The van der Waals surface area contributed by atoms with Gasteiger partial charge in [-0.05, 0) is 24.5 Å². The number of nitrogens with zero attached hydrogens (tertiary/aromatic N) is 1. The molecule has 0 saturated heterocycles. The summed E-state index contributed by atoms with van der Waals surface area (Å²) >= 11 is 1.51. The first-order valence-corrected chi connectivity index (χ1v) is 6.72.